The molecule has 1 aromatic carbocycles. The van der Waals surface area contributed by atoms with E-state index in [0.29, 0.717) is 12.5 Å². The lowest BCUT2D eigenvalue weighted by Gasteiger charge is -2.39. The molecule has 1 N–H and O–H groups in total. The fourth-order valence-corrected chi connectivity index (χ4v) is 4.33. The maximum Gasteiger partial charge on any atom is 0.318 e. The van der Waals surface area contributed by atoms with Crippen LogP contribution in [0, 0.1) is 5.92 Å². The summed E-state index contributed by atoms with van der Waals surface area (Å²) in [5.74, 6) is -0.968. The van der Waals surface area contributed by atoms with E-state index in [2.05, 4.69) is 11.8 Å². The topological polar surface area (TPSA) is 83.9 Å². The SMILES string of the molecule is COc1ccccc1C1CCC(C)CN1CCS(=O)(=O)CC(=O)O. The lowest BCUT2D eigenvalue weighted by molar-refractivity contribution is -0.134. The first kappa shape index (κ1) is 18.7. The highest BCUT2D eigenvalue weighted by molar-refractivity contribution is 7.92. The van der Waals surface area contributed by atoms with Crippen LogP contribution in [0.1, 0.15) is 31.4 Å². The molecule has 2 unspecified atom stereocenters. The number of carboxylic acid groups (broad SMARTS) is 1. The molecule has 1 aromatic rings. The number of likely N-dealkylation sites (tertiary alicyclic amines) is 1. The van der Waals surface area contributed by atoms with Crippen molar-refractivity contribution in [3.05, 3.63) is 29.8 Å². The van der Waals surface area contributed by atoms with Gasteiger partial charge in [-0.15, -0.1) is 0 Å². The number of nitrogens with zero attached hydrogens (tertiary/aromatic N) is 1. The molecule has 0 saturated carbocycles. The predicted octanol–water partition coefficient (Wildman–Crippen LogP) is 1.97. The third-order valence-corrected chi connectivity index (χ3v) is 5.94. The highest BCUT2D eigenvalue weighted by atomic mass is 32.2. The molecule has 0 aromatic heterocycles. The van der Waals surface area contributed by atoms with Crippen LogP contribution in [0.25, 0.3) is 0 Å². The number of methoxy groups -OCH3 is 1. The van der Waals surface area contributed by atoms with Gasteiger partial charge in [0.15, 0.2) is 9.84 Å². The summed E-state index contributed by atoms with van der Waals surface area (Å²) >= 11 is 0. The van der Waals surface area contributed by atoms with Gasteiger partial charge in [-0.05, 0) is 24.8 Å². The Bertz CT molecular complexity index is 673. The number of para-hydroxylation sites is 1. The van der Waals surface area contributed by atoms with Crippen LogP contribution in [0.15, 0.2) is 24.3 Å². The maximum atomic E-state index is 11.9. The Morgan fingerprint density at radius 1 is 1.33 bits per heavy atom. The highest BCUT2D eigenvalue weighted by Crippen LogP contribution is 2.37. The van der Waals surface area contributed by atoms with Crippen LogP contribution in [-0.2, 0) is 14.6 Å². The molecule has 24 heavy (non-hydrogen) atoms. The highest BCUT2D eigenvalue weighted by Gasteiger charge is 2.30. The molecule has 0 spiro atoms. The molecule has 2 atom stereocenters. The summed E-state index contributed by atoms with van der Waals surface area (Å²) in [6.45, 7) is 3.28. The van der Waals surface area contributed by atoms with Crippen molar-refractivity contribution in [1.82, 2.24) is 4.90 Å². The zero-order chi connectivity index (χ0) is 17.7. The number of piperidine rings is 1. The monoisotopic (exact) mass is 355 g/mol. The Morgan fingerprint density at radius 2 is 2.04 bits per heavy atom. The molecule has 1 aliphatic heterocycles. The summed E-state index contributed by atoms with van der Waals surface area (Å²) in [6.07, 6.45) is 2.00. The zero-order valence-electron chi connectivity index (χ0n) is 14.1. The molecule has 1 heterocycles. The molecule has 0 aliphatic carbocycles. The zero-order valence-corrected chi connectivity index (χ0v) is 15.0. The maximum absolute atomic E-state index is 11.9. The van der Waals surface area contributed by atoms with Crippen LogP contribution in [-0.4, -0.2) is 56.1 Å². The van der Waals surface area contributed by atoms with Crippen LogP contribution in [0.4, 0.5) is 0 Å². The first-order chi connectivity index (χ1) is 11.3. The van der Waals surface area contributed by atoms with Gasteiger partial charge in [0.05, 0.1) is 12.9 Å². The van der Waals surface area contributed by atoms with Crippen LogP contribution < -0.4 is 4.74 Å². The van der Waals surface area contributed by atoms with E-state index in [1.54, 1.807) is 7.11 Å². The summed E-state index contributed by atoms with van der Waals surface area (Å²) < 4.78 is 29.2. The number of carbonyl (C=O) groups is 1. The van der Waals surface area contributed by atoms with Crippen molar-refractivity contribution >= 4 is 15.8 Å². The largest absolute Gasteiger partial charge is 0.496 e. The van der Waals surface area contributed by atoms with E-state index in [9.17, 15) is 13.2 Å². The molecule has 0 bridgehead atoms. The molecule has 2 rings (SSSR count). The first-order valence-electron chi connectivity index (χ1n) is 8.11. The number of hydrogen-bond donors (Lipinski definition) is 1. The molecular formula is C17H25NO5S. The summed E-state index contributed by atoms with van der Waals surface area (Å²) in [4.78, 5) is 12.8. The Labute approximate surface area is 143 Å². The van der Waals surface area contributed by atoms with E-state index in [1.807, 2.05) is 24.3 Å². The van der Waals surface area contributed by atoms with Crippen molar-refractivity contribution in [1.29, 1.82) is 0 Å². The van der Waals surface area contributed by atoms with Crippen molar-refractivity contribution in [2.75, 3.05) is 31.7 Å². The van der Waals surface area contributed by atoms with Crippen molar-refractivity contribution in [3.63, 3.8) is 0 Å². The van der Waals surface area contributed by atoms with E-state index in [-0.39, 0.29) is 11.8 Å². The molecule has 1 fully saturated rings. The molecule has 0 amide bonds. The Balaban J connectivity index is 2.16. The lowest BCUT2D eigenvalue weighted by Crippen LogP contribution is -2.40. The molecule has 7 heteroatoms. The third kappa shape index (κ3) is 4.95. The second-order valence-electron chi connectivity index (χ2n) is 6.42. The summed E-state index contributed by atoms with van der Waals surface area (Å²) in [5.41, 5.74) is 1.06. The van der Waals surface area contributed by atoms with E-state index >= 15 is 0 Å². The van der Waals surface area contributed by atoms with Crippen molar-refractivity contribution in [3.8, 4) is 5.75 Å². The number of benzene rings is 1. The minimum Gasteiger partial charge on any atom is -0.496 e. The third-order valence-electron chi connectivity index (χ3n) is 4.45. The number of ether oxygens (including phenoxy) is 1. The molecule has 6 nitrogen and oxygen atoms in total. The van der Waals surface area contributed by atoms with Gasteiger partial charge < -0.3 is 9.84 Å². The molecule has 0 radical (unpaired) electrons. The van der Waals surface area contributed by atoms with Crippen LogP contribution in [0.5, 0.6) is 5.75 Å². The Morgan fingerprint density at radius 3 is 2.71 bits per heavy atom. The smallest absolute Gasteiger partial charge is 0.318 e. The van der Waals surface area contributed by atoms with Gasteiger partial charge in [-0.1, -0.05) is 25.1 Å². The number of hydrogen-bond acceptors (Lipinski definition) is 5. The average Bonchev–Trinajstić information content (AvgIpc) is 2.52. The van der Waals surface area contributed by atoms with Crippen LogP contribution in [0.3, 0.4) is 0 Å². The van der Waals surface area contributed by atoms with Gasteiger partial charge in [0, 0.05) is 24.7 Å². The second kappa shape index (κ2) is 7.98. The van der Waals surface area contributed by atoms with E-state index in [4.69, 9.17) is 9.84 Å². The van der Waals surface area contributed by atoms with Gasteiger partial charge in [0.2, 0.25) is 0 Å². The van der Waals surface area contributed by atoms with Crippen molar-refractivity contribution in [2.24, 2.45) is 5.92 Å². The predicted molar refractivity (Wildman–Crippen MR) is 92.0 cm³/mol. The molecular weight excluding hydrogens is 330 g/mol. The Kier molecular flexibility index (Phi) is 6.23. The average molecular weight is 355 g/mol. The van der Waals surface area contributed by atoms with Gasteiger partial charge in [-0.3, -0.25) is 9.69 Å². The number of aliphatic carboxylic acids is 1. The quantitative estimate of drug-likeness (QED) is 0.805. The van der Waals surface area contributed by atoms with E-state index < -0.39 is 21.6 Å². The minimum absolute atomic E-state index is 0.0948. The van der Waals surface area contributed by atoms with Gasteiger partial charge in [0.25, 0.3) is 0 Å². The molecule has 1 aliphatic rings. The van der Waals surface area contributed by atoms with Crippen LogP contribution in [0.2, 0.25) is 0 Å². The van der Waals surface area contributed by atoms with Crippen molar-refractivity contribution in [2.45, 2.75) is 25.8 Å². The fourth-order valence-electron chi connectivity index (χ4n) is 3.30. The van der Waals surface area contributed by atoms with Gasteiger partial charge in [0.1, 0.15) is 11.5 Å². The van der Waals surface area contributed by atoms with Gasteiger partial charge in [-0.25, -0.2) is 8.42 Å². The summed E-state index contributed by atoms with van der Waals surface area (Å²) in [5, 5.41) is 8.72. The normalized spacial score (nSPS) is 22.2. The van der Waals surface area contributed by atoms with E-state index in [1.165, 1.54) is 0 Å². The van der Waals surface area contributed by atoms with E-state index in [0.717, 1.165) is 30.7 Å². The van der Waals surface area contributed by atoms with Crippen LogP contribution >= 0.6 is 0 Å². The fraction of sp³-hybridized carbons (Fsp3) is 0.588. The van der Waals surface area contributed by atoms with Gasteiger partial charge >= 0.3 is 5.97 Å². The van der Waals surface area contributed by atoms with Crippen molar-refractivity contribution < 1.29 is 23.1 Å². The standard InChI is InChI=1S/C17H25NO5S/c1-13-7-8-15(14-5-3-4-6-16(14)23-2)18(11-13)9-10-24(21,22)12-17(19)20/h3-6,13,15H,7-12H2,1-2H3,(H,19,20). The Hall–Kier alpha value is -1.60. The number of rotatable bonds is 7. The second-order valence-corrected chi connectivity index (χ2v) is 8.61. The van der Waals surface area contributed by atoms with Gasteiger partial charge in [-0.2, -0.15) is 0 Å². The first-order valence-corrected chi connectivity index (χ1v) is 9.93. The summed E-state index contributed by atoms with van der Waals surface area (Å²) in [7, 11) is -1.96. The molecule has 1 saturated heterocycles. The minimum atomic E-state index is -3.59. The summed E-state index contributed by atoms with van der Waals surface area (Å²) in [6, 6.07) is 7.88. The number of sulfone groups is 1. The molecule has 134 valence electrons. The number of carboxylic acids is 1. The lowest BCUT2D eigenvalue weighted by atomic mass is 9.89.